The van der Waals surface area contributed by atoms with Crippen molar-refractivity contribution in [3.63, 3.8) is 0 Å². The van der Waals surface area contributed by atoms with E-state index >= 15 is 0 Å². The Bertz CT molecular complexity index is 623. The number of fused-ring (bicyclic) bond motifs is 1. The van der Waals surface area contributed by atoms with E-state index < -0.39 is 12.2 Å². The number of hydrogen-bond donors (Lipinski definition) is 2. The number of aliphatic imine (C=N–C) groups is 1. The maximum atomic E-state index is 11.7. The average molecular weight is 322 g/mol. The van der Waals surface area contributed by atoms with Crippen LogP contribution < -0.4 is 5.73 Å². The molecule has 0 spiro atoms. The minimum absolute atomic E-state index is 0.0271. The molecule has 0 saturated heterocycles. The first-order valence-corrected chi connectivity index (χ1v) is 7.26. The molecule has 2 aliphatic rings. The molecule has 3 N–H and O–H groups in total. The van der Waals surface area contributed by atoms with Crippen LogP contribution in [0.4, 0.5) is 0 Å². The molecule has 0 aromatic rings. The summed E-state index contributed by atoms with van der Waals surface area (Å²) in [6.07, 6.45) is 3.56. The van der Waals surface area contributed by atoms with Gasteiger partial charge in [-0.1, -0.05) is 0 Å². The molecule has 1 aliphatic carbocycles. The molecule has 2 unspecified atom stereocenters. The number of nitrogens with zero attached hydrogens (tertiary/aromatic N) is 4. The van der Waals surface area contributed by atoms with E-state index in [1.165, 1.54) is 11.8 Å². The van der Waals surface area contributed by atoms with Gasteiger partial charge in [0.1, 0.15) is 11.8 Å². The van der Waals surface area contributed by atoms with Crippen LogP contribution >= 0.6 is 0 Å². The fourth-order valence-corrected chi connectivity index (χ4v) is 2.23. The summed E-state index contributed by atoms with van der Waals surface area (Å²) in [7, 11) is 0. The number of amides is 1. The highest BCUT2D eigenvalue weighted by Gasteiger charge is 2.32. The molecular formula is C14H20N5O4+. The lowest BCUT2D eigenvalue weighted by Crippen LogP contribution is -2.38. The third-order valence-corrected chi connectivity index (χ3v) is 3.40. The van der Waals surface area contributed by atoms with Crippen LogP contribution in [0.2, 0.25) is 0 Å². The summed E-state index contributed by atoms with van der Waals surface area (Å²) in [4.78, 5) is 28.9. The summed E-state index contributed by atoms with van der Waals surface area (Å²) in [6, 6.07) is 0. The highest BCUT2D eigenvalue weighted by molar-refractivity contribution is 6.13. The number of aliphatic hydroxyl groups excluding tert-OH is 1. The summed E-state index contributed by atoms with van der Waals surface area (Å²) >= 11 is 0. The molecular weight excluding hydrogens is 302 g/mol. The number of hydrogen-bond acceptors (Lipinski definition) is 6. The number of nitroso groups, excluding NO2 is 1. The molecule has 9 heteroatoms. The Balaban J connectivity index is 1.91. The lowest BCUT2D eigenvalue weighted by molar-refractivity contribution is -0.497. The van der Waals surface area contributed by atoms with Crippen LogP contribution in [0.5, 0.6) is 0 Å². The summed E-state index contributed by atoms with van der Waals surface area (Å²) in [5.41, 5.74) is 6.08. The molecule has 124 valence electrons. The Morgan fingerprint density at radius 2 is 2.35 bits per heavy atom. The van der Waals surface area contributed by atoms with Gasteiger partial charge in [0.05, 0.1) is 22.7 Å². The predicted octanol–water partition coefficient (Wildman–Crippen LogP) is -0.482. The quantitative estimate of drug-likeness (QED) is 0.640. The van der Waals surface area contributed by atoms with Crippen LogP contribution in [0.1, 0.15) is 13.8 Å². The van der Waals surface area contributed by atoms with Crippen molar-refractivity contribution in [1.82, 2.24) is 4.90 Å². The second kappa shape index (κ2) is 7.25. The zero-order valence-corrected chi connectivity index (χ0v) is 13.0. The number of rotatable bonds is 6. The number of guanidine groups is 1. The van der Waals surface area contributed by atoms with Gasteiger partial charge in [0, 0.05) is 26.1 Å². The predicted molar refractivity (Wildman–Crippen MR) is 83.6 cm³/mol. The molecule has 0 aromatic carbocycles. The Morgan fingerprint density at radius 1 is 1.61 bits per heavy atom. The van der Waals surface area contributed by atoms with Crippen molar-refractivity contribution < 1.29 is 19.5 Å². The summed E-state index contributed by atoms with van der Waals surface area (Å²) < 4.78 is 5.54. The highest BCUT2D eigenvalue weighted by Crippen LogP contribution is 2.16. The van der Waals surface area contributed by atoms with E-state index in [4.69, 9.17) is 10.5 Å². The minimum Gasteiger partial charge on any atom is -0.389 e. The van der Waals surface area contributed by atoms with Crippen molar-refractivity contribution in [3.05, 3.63) is 28.8 Å². The monoisotopic (exact) mass is 322 g/mol. The van der Waals surface area contributed by atoms with E-state index in [1.807, 2.05) is 6.92 Å². The summed E-state index contributed by atoms with van der Waals surface area (Å²) in [5.74, 6) is -0.206. The average Bonchev–Trinajstić information content (AvgIpc) is 2.50. The molecule has 1 amide bonds. The van der Waals surface area contributed by atoms with Crippen LogP contribution in [-0.2, 0) is 9.53 Å². The fourth-order valence-electron chi connectivity index (χ4n) is 2.23. The second-order valence-corrected chi connectivity index (χ2v) is 5.15. The van der Waals surface area contributed by atoms with Gasteiger partial charge in [0.2, 0.25) is 5.91 Å². The van der Waals surface area contributed by atoms with Crippen LogP contribution in [0.25, 0.3) is 0 Å². The SMILES string of the molecule is CCN(CC(O)COC1C=CC2=NC(N)=N[N+](=O)C2=C1)C(C)=O. The number of nitrogens with two attached hydrogens (primary N) is 1. The molecule has 23 heavy (non-hydrogen) atoms. The lowest BCUT2D eigenvalue weighted by atomic mass is 10.1. The van der Waals surface area contributed by atoms with Gasteiger partial charge in [-0.05, 0) is 19.1 Å². The summed E-state index contributed by atoms with van der Waals surface area (Å²) in [6.45, 7) is 4.02. The number of likely N-dealkylation sites (N-methyl/N-ethyl adjacent to an activating group) is 1. The van der Waals surface area contributed by atoms with Gasteiger partial charge in [0.15, 0.2) is 4.87 Å². The van der Waals surface area contributed by atoms with Crippen molar-refractivity contribution in [2.24, 2.45) is 15.8 Å². The smallest absolute Gasteiger partial charge is 0.319 e. The molecule has 0 bridgehead atoms. The molecule has 0 aromatic heterocycles. The van der Waals surface area contributed by atoms with Gasteiger partial charge in [0.25, 0.3) is 5.96 Å². The van der Waals surface area contributed by atoms with Crippen LogP contribution in [-0.4, -0.2) is 64.4 Å². The van der Waals surface area contributed by atoms with Crippen molar-refractivity contribution in [3.8, 4) is 0 Å². The Labute approximate surface area is 133 Å². The maximum Gasteiger partial charge on any atom is 0.319 e. The first kappa shape index (κ1) is 17.0. The maximum absolute atomic E-state index is 11.7. The van der Waals surface area contributed by atoms with Gasteiger partial charge in [-0.25, -0.2) is 4.99 Å². The van der Waals surface area contributed by atoms with Gasteiger partial charge in [-0.15, -0.1) is 0 Å². The second-order valence-electron chi connectivity index (χ2n) is 5.15. The number of carbonyl (C=O) groups excluding carboxylic acids is 1. The fraction of sp³-hybridized carbons (Fsp3) is 0.500. The van der Waals surface area contributed by atoms with Gasteiger partial charge in [-0.3, -0.25) is 4.79 Å². The zero-order chi connectivity index (χ0) is 17.0. The number of allylic oxidation sites excluding steroid dienone is 1. The normalized spacial score (nSPS) is 21.1. The van der Waals surface area contributed by atoms with Crippen LogP contribution in [0.15, 0.2) is 34.0 Å². The standard InChI is InChI=1S/C14H20N5O4/c1-3-18(9(2)20)7-10(21)8-23-11-4-5-12-13(6-11)19(22)17-14(15)16-12/h4-6,10-11,21H,3,7-8H2,1-2H3,(H2,15,17,22)/q+1. The largest absolute Gasteiger partial charge is 0.389 e. The zero-order valence-electron chi connectivity index (χ0n) is 13.0. The number of ether oxygens (including phenoxy) is 1. The van der Waals surface area contributed by atoms with E-state index in [2.05, 4.69) is 10.1 Å². The number of carbonyl (C=O) groups is 1. The minimum atomic E-state index is -0.816. The molecule has 2 rings (SSSR count). The van der Waals surface area contributed by atoms with Gasteiger partial charge in [-0.2, -0.15) is 0 Å². The topological polar surface area (TPSA) is 121 Å². The molecule has 2 atom stereocenters. The van der Waals surface area contributed by atoms with Crippen LogP contribution in [0, 0.1) is 4.91 Å². The van der Waals surface area contributed by atoms with E-state index in [9.17, 15) is 14.8 Å². The van der Waals surface area contributed by atoms with Crippen molar-refractivity contribution in [1.29, 1.82) is 0 Å². The number of aliphatic hydroxyl groups is 1. The summed E-state index contributed by atoms with van der Waals surface area (Å²) in [5, 5.41) is 13.5. The van der Waals surface area contributed by atoms with Crippen molar-refractivity contribution in [2.45, 2.75) is 26.1 Å². The Kier molecular flexibility index (Phi) is 5.35. The lowest BCUT2D eigenvalue weighted by Gasteiger charge is -2.23. The molecule has 1 heterocycles. The van der Waals surface area contributed by atoms with Gasteiger partial charge >= 0.3 is 5.70 Å². The first-order chi connectivity index (χ1) is 10.9. The van der Waals surface area contributed by atoms with Crippen molar-refractivity contribution in [2.75, 3.05) is 19.7 Å². The molecule has 0 saturated carbocycles. The Hall–Kier alpha value is -2.39. The Morgan fingerprint density at radius 3 is 3.00 bits per heavy atom. The first-order valence-electron chi connectivity index (χ1n) is 7.26. The van der Waals surface area contributed by atoms with Crippen LogP contribution in [0.3, 0.4) is 0 Å². The third-order valence-electron chi connectivity index (χ3n) is 3.40. The number of hydrazone groups is 1. The third kappa shape index (κ3) is 4.30. The molecule has 9 nitrogen and oxygen atoms in total. The van der Waals surface area contributed by atoms with Crippen molar-refractivity contribution >= 4 is 17.6 Å². The van der Waals surface area contributed by atoms with E-state index in [-0.39, 0.29) is 30.7 Å². The molecule has 0 fully saturated rings. The van der Waals surface area contributed by atoms with E-state index in [1.54, 1.807) is 18.2 Å². The van der Waals surface area contributed by atoms with E-state index in [0.29, 0.717) is 17.1 Å². The molecule has 1 aliphatic heterocycles. The highest BCUT2D eigenvalue weighted by atomic mass is 16.5. The molecule has 0 radical (unpaired) electrons. The van der Waals surface area contributed by atoms with E-state index in [0.717, 1.165) is 0 Å². The van der Waals surface area contributed by atoms with Gasteiger partial charge < -0.3 is 20.5 Å².